The van der Waals surface area contributed by atoms with Gasteiger partial charge in [-0.2, -0.15) is 0 Å². The fraction of sp³-hybridized carbons (Fsp3) is 0.625. The van der Waals surface area contributed by atoms with E-state index < -0.39 is 0 Å². The minimum Gasteiger partial charge on any atom is -0.384 e. The third-order valence-corrected chi connectivity index (χ3v) is 4.04. The molecule has 0 bridgehead atoms. The SMILES string of the molecule is CCCNc1ccc(C(=O)N2CCC(C)C(OC)C2)nc1. The van der Waals surface area contributed by atoms with Crippen LogP contribution in [0.1, 0.15) is 37.2 Å². The summed E-state index contributed by atoms with van der Waals surface area (Å²) in [6, 6.07) is 3.70. The number of nitrogens with zero attached hydrogens (tertiary/aromatic N) is 2. The molecule has 0 saturated carbocycles. The van der Waals surface area contributed by atoms with Gasteiger partial charge in [0.1, 0.15) is 5.69 Å². The minimum atomic E-state index is -0.00834. The molecule has 1 N–H and O–H groups in total. The second-order valence-electron chi connectivity index (χ2n) is 5.65. The van der Waals surface area contributed by atoms with E-state index in [1.807, 2.05) is 11.0 Å². The lowest BCUT2D eigenvalue weighted by Crippen LogP contribution is -2.46. The van der Waals surface area contributed by atoms with Crippen LogP contribution in [0.2, 0.25) is 0 Å². The van der Waals surface area contributed by atoms with E-state index in [1.165, 1.54) is 0 Å². The molecule has 1 aromatic rings. The molecule has 2 atom stereocenters. The molecule has 21 heavy (non-hydrogen) atoms. The zero-order valence-corrected chi connectivity index (χ0v) is 13.1. The number of anilines is 1. The maximum Gasteiger partial charge on any atom is 0.272 e. The molecule has 0 aromatic carbocycles. The smallest absolute Gasteiger partial charge is 0.272 e. The topological polar surface area (TPSA) is 54.5 Å². The Morgan fingerprint density at radius 3 is 2.95 bits per heavy atom. The summed E-state index contributed by atoms with van der Waals surface area (Å²) in [4.78, 5) is 18.6. The monoisotopic (exact) mass is 291 g/mol. The number of methoxy groups -OCH3 is 1. The van der Waals surface area contributed by atoms with Crippen LogP contribution in [0.25, 0.3) is 0 Å². The third-order valence-electron chi connectivity index (χ3n) is 4.04. The summed E-state index contributed by atoms with van der Waals surface area (Å²) < 4.78 is 5.46. The predicted octanol–water partition coefficient (Wildman–Crippen LogP) is 2.40. The summed E-state index contributed by atoms with van der Waals surface area (Å²) in [6.07, 6.45) is 3.88. The summed E-state index contributed by atoms with van der Waals surface area (Å²) in [5.74, 6) is 0.485. The molecule has 116 valence electrons. The van der Waals surface area contributed by atoms with Crippen molar-refractivity contribution >= 4 is 11.6 Å². The number of nitrogens with one attached hydrogen (secondary N) is 1. The van der Waals surface area contributed by atoms with E-state index in [-0.39, 0.29) is 12.0 Å². The molecule has 2 heterocycles. The maximum absolute atomic E-state index is 12.5. The van der Waals surface area contributed by atoms with Crippen molar-refractivity contribution < 1.29 is 9.53 Å². The Bertz CT molecular complexity index is 461. The molecule has 1 amide bonds. The van der Waals surface area contributed by atoms with Crippen LogP contribution in [-0.4, -0.2) is 48.6 Å². The van der Waals surface area contributed by atoms with Gasteiger partial charge in [0, 0.05) is 26.7 Å². The van der Waals surface area contributed by atoms with Gasteiger partial charge in [-0.05, 0) is 30.9 Å². The number of hydrogen-bond acceptors (Lipinski definition) is 4. The van der Waals surface area contributed by atoms with Gasteiger partial charge < -0.3 is 15.0 Å². The minimum absolute atomic E-state index is 0.00834. The van der Waals surface area contributed by atoms with Crippen molar-refractivity contribution in [2.45, 2.75) is 32.8 Å². The van der Waals surface area contributed by atoms with Crippen molar-refractivity contribution in [3.05, 3.63) is 24.0 Å². The number of pyridine rings is 1. The molecule has 1 aliphatic rings. The predicted molar refractivity (Wildman–Crippen MR) is 83.5 cm³/mol. The Kier molecular flexibility index (Phi) is 5.56. The van der Waals surface area contributed by atoms with E-state index in [0.717, 1.165) is 31.6 Å². The van der Waals surface area contributed by atoms with E-state index in [4.69, 9.17) is 4.74 Å². The quantitative estimate of drug-likeness (QED) is 0.905. The summed E-state index contributed by atoms with van der Waals surface area (Å²) >= 11 is 0. The van der Waals surface area contributed by atoms with Gasteiger partial charge in [-0.1, -0.05) is 13.8 Å². The van der Waals surface area contributed by atoms with E-state index in [9.17, 15) is 4.79 Å². The Morgan fingerprint density at radius 2 is 2.33 bits per heavy atom. The van der Waals surface area contributed by atoms with Crippen LogP contribution < -0.4 is 5.32 Å². The van der Waals surface area contributed by atoms with Crippen LogP contribution >= 0.6 is 0 Å². The highest BCUT2D eigenvalue weighted by Gasteiger charge is 2.29. The molecule has 5 heteroatoms. The van der Waals surface area contributed by atoms with Crippen LogP contribution in [0, 0.1) is 5.92 Å². The van der Waals surface area contributed by atoms with Gasteiger partial charge in [0.2, 0.25) is 0 Å². The van der Waals surface area contributed by atoms with Crippen LogP contribution in [0.3, 0.4) is 0 Å². The Morgan fingerprint density at radius 1 is 1.52 bits per heavy atom. The summed E-state index contributed by atoms with van der Waals surface area (Å²) in [5, 5.41) is 3.25. The highest BCUT2D eigenvalue weighted by atomic mass is 16.5. The van der Waals surface area contributed by atoms with Crippen molar-refractivity contribution in [2.75, 3.05) is 32.1 Å². The molecular formula is C16H25N3O2. The molecule has 1 fully saturated rings. The molecule has 1 saturated heterocycles. The zero-order chi connectivity index (χ0) is 15.2. The second kappa shape index (κ2) is 7.41. The van der Waals surface area contributed by atoms with Crippen LogP contribution in [-0.2, 0) is 4.74 Å². The lowest BCUT2D eigenvalue weighted by Gasteiger charge is -2.36. The molecule has 1 aromatic heterocycles. The van der Waals surface area contributed by atoms with E-state index in [1.54, 1.807) is 19.4 Å². The number of hydrogen-bond donors (Lipinski definition) is 1. The molecule has 1 aliphatic heterocycles. The van der Waals surface area contributed by atoms with Crippen LogP contribution in [0.5, 0.6) is 0 Å². The number of carbonyl (C=O) groups excluding carboxylic acids is 1. The molecule has 2 rings (SSSR count). The standard InChI is InChI=1S/C16H25N3O2/c1-4-8-17-13-5-6-14(18-10-13)16(20)19-9-7-12(2)15(11-19)21-3/h5-6,10,12,15,17H,4,7-9,11H2,1-3H3. The van der Waals surface area contributed by atoms with Crippen molar-refractivity contribution in [1.82, 2.24) is 9.88 Å². The van der Waals surface area contributed by atoms with Gasteiger partial charge in [-0.25, -0.2) is 4.98 Å². The van der Waals surface area contributed by atoms with E-state index in [2.05, 4.69) is 24.1 Å². The summed E-state index contributed by atoms with van der Waals surface area (Å²) in [7, 11) is 1.71. The first-order valence-electron chi connectivity index (χ1n) is 7.67. The van der Waals surface area contributed by atoms with Crippen molar-refractivity contribution in [1.29, 1.82) is 0 Å². The largest absolute Gasteiger partial charge is 0.384 e. The maximum atomic E-state index is 12.5. The molecule has 5 nitrogen and oxygen atoms in total. The fourth-order valence-electron chi connectivity index (χ4n) is 2.58. The van der Waals surface area contributed by atoms with Gasteiger partial charge in [0.05, 0.1) is 18.0 Å². The number of piperidine rings is 1. The normalized spacial score (nSPS) is 22.1. The highest BCUT2D eigenvalue weighted by Crippen LogP contribution is 2.21. The number of aromatic nitrogens is 1. The third kappa shape index (κ3) is 3.94. The number of rotatable bonds is 5. The van der Waals surface area contributed by atoms with Gasteiger partial charge in [-0.15, -0.1) is 0 Å². The molecule has 0 radical (unpaired) electrons. The lowest BCUT2D eigenvalue weighted by atomic mass is 9.95. The highest BCUT2D eigenvalue weighted by molar-refractivity contribution is 5.92. The number of ether oxygens (including phenoxy) is 1. The second-order valence-corrected chi connectivity index (χ2v) is 5.65. The summed E-state index contributed by atoms with van der Waals surface area (Å²) in [5.41, 5.74) is 1.46. The van der Waals surface area contributed by atoms with E-state index in [0.29, 0.717) is 18.2 Å². The van der Waals surface area contributed by atoms with Crippen molar-refractivity contribution in [2.24, 2.45) is 5.92 Å². The first-order valence-corrected chi connectivity index (χ1v) is 7.67. The van der Waals surface area contributed by atoms with Gasteiger partial charge >= 0.3 is 0 Å². The molecule has 0 spiro atoms. The summed E-state index contributed by atoms with van der Waals surface area (Å²) in [6.45, 7) is 6.62. The molecule has 2 unspecified atom stereocenters. The van der Waals surface area contributed by atoms with Gasteiger partial charge in [0.25, 0.3) is 5.91 Å². The first kappa shape index (κ1) is 15.8. The number of carbonyl (C=O) groups is 1. The Labute approximate surface area is 126 Å². The first-order chi connectivity index (χ1) is 10.2. The average molecular weight is 291 g/mol. The van der Waals surface area contributed by atoms with Crippen molar-refractivity contribution in [3.8, 4) is 0 Å². The average Bonchev–Trinajstić information content (AvgIpc) is 2.53. The van der Waals surface area contributed by atoms with Gasteiger partial charge in [-0.3, -0.25) is 4.79 Å². The molecule has 0 aliphatic carbocycles. The van der Waals surface area contributed by atoms with Crippen LogP contribution in [0.4, 0.5) is 5.69 Å². The Balaban J connectivity index is 1.99. The number of amides is 1. The molecular weight excluding hydrogens is 266 g/mol. The fourth-order valence-corrected chi connectivity index (χ4v) is 2.58. The van der Waals surface area contributed by atoms with Crippen LogP contribution in [0.15, 0.2) is 18.3 Å². The van der Waals surface area contributed by atoms with E-state index >= 15 is 0 Å². The van der Waals surface area contributed by atoms with Gasteiger partial charge in [0.15, 0.2) is 0 Å². The number of likely N-dealkylation sites (tertiary alicyclic amines) is 1. The van der Waals surface area contributed by atoms with Crippen molar-refractivity contribution in [3.63, 3.8) is 0 Å². The Hall–Kier alpha value is -1.62. The lowest BCUT2D eigenvalue weighted by molar-refractivity contribution is -0.00177. The zero-order valence-electron chi connectivity index (χ0n) is 13.1.